The van der Waals surface area contributed by atoms with Crippen LogP contribution in [-0.2, 0) is 13.0 Å². The van der Waals surface area contributed by atoms with Crippen molar-refractivity contribution in [1.29, 1.82) is 0 Å². The van der Waals surface area contributed by atoms with Crippen molar-refractivity contribution in [2.45, 2.75) is 32.9 Å². The predicted octanol–water partition coefficient (Wildman–Crippen LogP) is 3.91. The van der Waals surface area contributed by atoms with Gasteiger partial charge in [0, 0.05) is 42.7 Å². The number of aromatic nitrogens is 1. The van der Waals surface area contributed by atoms with Crippen molar-refractivity contribution in [2.75, 3.05) is 31.8 Å². The minimum atomic E-state index is -0.288. The van der Waals surface area contributed by atoms with E-state index >= 15 is 0 Å². The molecule has 0 spiro atoms. The second-order valence-corrected chi connectivity index (χ2v) is 8.63. The van der Waals surface area contributed by atoms with Gasteiger partial charge in [-0.15, -0.1) is 11.3 Å². The number of anilines is 2. The lowest BCUT2D eigenvalue weighted by Crippen LogP contribution is -2.36. The highest BCUT2D eigenvalue weighted by molar-refractivity contribution is 7.21. The van der Waals surface area contributed by atoms with E-state index in [2.05, 4.69) is 30.1 Å². The van der Waals surface area contributed by atoms with Crippen molar-refractivity contribution in [1.82, 2.24) is 9.88 Å². The first-order valence-corrected chi connectivity index (χ1v) is 10.7. The molecule has 1 aliphatic heterocycles. The average molecular weight is 427 g/mol. The van der Waals surface area contributed by atoms with Gasteiger partial charge in [0.15, 0.2) is 0 Å². The topological polar surface area (TPSA) is 89.7 Å². The maximum atomic E-state index is 13.0. The van der Waals surface area contributed by atoms with Gasteiger partial charge >= 0.3 is 0 Å². The Morgan fingerprint density at radius 3 is 2.77 bits per heavy atom. The van der Waals surface area contributed by atoms with Crippen molar-refractivity contribution >= 4 is 38.8 Å². The van der Waals surface area contributed by atoms with Gasteiger partial charge in [-0.05, 0) is 37.6 Å². The summed E-state index contributed by atoms with van der Waals surface area (Å²) in [6.45, 7) is 6.25. The fourth-order valence-corrected chi connectivity index (χ4v) is 4.71. The Morgan fingerprint density at radius 2 is 2.07 bits per heavy atom. The molecule has 0 unspecified atom stereocenters. The standard InChI is InChI=1S/C22H26N4O3S/c1-12(2)26-8-7-16-13(11-26)9-15-19(23)20(30-22(15)25-16)21(27)24-17-10-14(28-3)5-6-18(17)29-4/h5-6,9-10,12H,7-8,11,23H2,1-4H3,(H,24,27). The summed E-state index contributed by atoms with van der Waals surface area (Å²) in [5, 5.41) is 3.74. The lowest BCUT2D eigenvalue weighted by Gasteiger charge is -2.31. The molecule has 0 atom stereocenters. The van der Waals surface area contributed by atoms with Crippen LogP contribution < -0.4 is 20.5 Å². The van der Waals surface area contributed by atoms with Gasteiger partial charge in [0.2, 0.25) is 0 Å². The number of nitrogens with zero attached hydrogens (tertiary/aromatic N) is 2. The summed E-state index contributed by atoms with van der Waals surface area (Å²) in [5.41, 5.74) is 9.67. The fraction of sp³-hybridized carbons (Fsp3) is 0.364. The number of benzene rings is 1. The zero-order valence-electron chi connectivity index (χ0n) is 17.6. The molecule has 0 aliphatic carbocycles. The second-order valence-electron chi connectivity index (χ2n) is 7.63. The van der Waals surface area contributed by atoms with Gasteiger partial charge in [-0.2, -0.15) is 0 Å². The number of nitrogens with two attached hydrogens (primary N) is 1. The van der Waals surface area contributed by atoms with Crippen LogP contribution in [0.5, 0.6) is 11.5 Å². The number of hydrogen-bond acceptors (Lipinski definition) is 7. The number of fused-ring (bicyclic) bond motifs is 2. The van der Waals surface area contributed by atoms with Crippen molar-refractivity contribution in [3.05, 3.63) is 40.4 Å². The van der Waals surface area contributed by atoms with Crippen LogP contribution in [0.4, 0.5) is 11.4 Å². The molecule has 3 N–H and O–H groups in total. The predicted molar refractivity (Wildman–Crippen MR) is 121 cm³/mol. The summed E-state index contributed by atoms with van der Waals surface area (Å²) in [6, 6.07) is 7.82. The molecule has 158 valence electrons. The highest BCUT2D eigenvalue weighted by Gasteiger charge is 2.24. The summed E-state index contributed by atoms with van der Waals surface area (Å²) in [6.07, 6.45) is 0.907. The zero-order valence-corrected chi connectivity index (χ0v) is 18.4. The zero-order chi connectivity index (χ0) is 21.4. The van der Waals surface area contributed by atoms with E-state index in [9.17, 15) is 4.79 Å². The number of carbonyl (C=O) groups excluding carboxylic acids is 1. The van der Waals surface area contributed by atoms with Crippen LogP contribution >= 0.6 is 11.3 Å². The first kappa shape index (κ1) is 20.4. The van der Waals surface area contributed by atoms with E-state index in [4.69, 9.17) is 20.2 Å². The Kier molecular flexibility index (Phi) is 5.53. The van der Waals surface area contributed by atoms with Gasteiger partial charge in [0.05, 0.1) is 25.6 Å². The molecule has 1 amide bonds. The third-order valence-corrected chi connectivity index (χ3v) is 6.60. The number of thiophene rings is 1. The van der Waals surface area contributed by atoms with Gasteiger partial charge in [0.1, 0.15) is 21.2 Å². The van der Waals surface area contributed by atoms with Crippen LogP contribution in [0, 0.1) is 0 Å². The number of nitrogens with one attached hydrogen (secondary N) is 1. The van der Waals surface area contributed by atoms with Gasteiger partial charge in [-0.3, -0.25) is 9.69 Å². The van der Waals surface area contributed by atoms with Gasteiger partial charge in [-0.25, -0.2) is 4.98 Å². The van der Waals surface area contributed by atoms with E-state index in [1.807, 2.05) is 0 Å². The summed E-state index contributed by atoms with van der Waals surface area (Å²) in [5.74, 6) is 0.884. The maximum absolute atomic E-state index is 13.0. The number of hydrogen-bond donors (Lipinski definition) is 2. The van der Waals surface area contributed by atoms with Crippen molar-refractivity contribution in [3.8, 4) is 11.5 Å². The molecule has 3 aromatic rings. The number of carbonyl (C=O) groups is 1. The molecule has 3 heterocycles. The minimum absolute atomic E-state index is 0.288. The maximum Gasteiger partial charge on any atom is 0.268 e. The molecule has 8 heteroatoms. The van der Waals surface area contributed by atoms with E-state index in [1.54, 1.807) is 32.4 Å². The number of rotatable bonds is 5. The quantitative estimate of drug-likeness (QED) is 0.643. The lowest BCUT2D eigenvalue weighted by atomic mass is 10.0. The molecule has 1 aliphatic rings. The van der Waals surface area contributed by atoms with E-state index in [1.165, 1.54) is 16.9 Å². The highest BCUT2D eigenvalue weighted by atomic mass is 32.1. The second kappa shape index (κ2) is 8.12. The van der Waals surface area contributed by atoms with Crippen LogP contribution in [0.2, 0.25) is 0 Å². The van der Waals surface area contributed by atoms with E-state index in [-0.39, 0.29) is 5.91 Å². The molecule has 7 nitrogen and oxygen atoms in total. The molecule has 0 radical (unpaired) electrons. The van der Waals surface area contributed by atoms with Gasteiger partial charge in [0.25, 0.3) is 5.91 Å². The third-order valence-electron chi connectivity index (χ3n) is 5.49. The van der Waals surface area contributed by atoms with Crippen LogP contribution in [0.25, 0.3) is 10.2 Å². The number of amides is 1. The molecule has 0 saturated carbocycles. The Labute approximate surface area is 179 Å². The van der Waals surface area contributed by atoms with Crippen molar-refractivity contribution in [2.24, 2.45) is 0 Å². The molecule has 30 heavy (non-hydrogen) atoms. The fourth-order valence-electron chi connectivity index (χ4n) is 3.72. The van der Waals surface area contributed by atoms with Gasteiger partial charge in [-0.1, -0.05) is 0 Å². The summed E-state index contributed by atoms with van der Waals surface area (Å²) >= 11 is 1.32. The van der Waals surface area contributed by atoms with Crippen molar-refractivity contribution < 1.29 is 14.3 Å². The van der Waals surface area contributed by atoms with Crippen LogP contribution in [-0.4, -0.2) is 42.6 Å². The summed E-state index contributed by atoms with van der Waals surface area (Å²) in [4.78, 5) is 21.5. The lowest BCUT2D eigenvalue weighted by molar-refractivity contribution is 0.103. The van der Waals surface area contributed by atoms with Gasteiger partial charge < -0.3 is 20.5 Å². The van der Waals surface area contributed by atoms with Crippen molar-refractivity contribution in [3.63, 3.8) is 0 Å². The third kappa shape index (κ3) is 3.68. The Balaban J connectivity index is 1.67. The molecular formula is C22H26N4O3S. The Morgan fingerprint density at radius 1 is 1.27 bits per heavy atom. The number of methoxy groups -OCH3 is 2. The van der Waals surface area contributed by atoms with Crippen LogP contribution in [0.3, 0.4) is 0 Å². The minimum Gasteiger partial charge on any atom is -0.497 e. The smallest absolute Gasteiger partial charge is 0.268 e. The summed E-state index contributed by atoms with van der Waals surface area (Å²) in [7, 11) is 3.13. The molecule has 4 rings (SSSR count). The molecule has 2 aromatic heterocycles. The molecule has 1 aromatic carbocycles. The first-order chi connectivity index (χ1) is 14.4. The van der Waals surface area contributed by atoms with E-state index in [0.29, 0.717) is 33.8 Å². The van der Waals surface area contributed by atoms with E-state index in [0.717, 1.165) is 35.4 Å². The van der Waals surface area contributed by atoms with Crippen LogP contribution in [0.15, 0.2) is 24.3 Å². The number of nitrogen functional groups attached to an aromatic ring is 1. The molecule has 0 bridgehead atoms. The molecule has 0 fully saturated rings. The monoisotopic (exact) mass is 426 g/mol. The average Bonchev–Trinajstić information content (AvgIpc) is 3.07. The van der Waals surface area contributed by atoms with Crippen LogP contribution in [0.1, 0.15) is 34.8 Å². The SMILES string of the molecule is COc1ccc(OC)c(NC(=O)c2sc3nc4c(cc3c2N)CN(C(C)C)CC4)c1. The number of ether oxygens (including phenoxy) is 2. The molecule has 0 saturated heterocycles. The molecular weight excluding hydrogens is 400 g/mol. The first-order valence-electron chi connectivity index (χ1n) is 9.89. The largest absolute Gasteiger partial charge is 0.497 e. The van der Waals surface area contributed by atoms with E-state index < -0.39 is 0 Å². The summed E-state index contributed by atoms with van der Waals surface area (Å²) < 4.78 is 10.6. The highest BCUT2D eigenvalue weighted by Crippen LogP contribution is 2.36. The Hall–Kier alpha value is -2.84. The number of pyridine rings is 1. The Bertz CT molecular complexity index is 1110. The normalized spacial score (nSPS) is 14.0.